The maximum absolute atomic E-state index is 12.3. The third kappa shape index (κ3) is 3.76. The largest absolute Gasteiger partial charge is 0.469 e. The second kappa shape index (κ2) is 6.48. The number of esters is 1. The van der Waals surface area contributed by atoms with Crippen LogP contribution in [0.2, 0.25) is 0 Å². The molecule has 1 fully saturated rings. The molecule has 1 aliphatic rings. The lowest BCUT2D eigenvalue weighted by Gasteiger charge is -2.18. The summed E-state index contributed by atoms with van der Waals surface area (Å²) in [7, 11) is -2.31. The second-order valence-electron chi connectivity index (χ2n) is 5.11. The van der Waals surface area contributed by atoms with Crippen LogP contribution in [0.5, 0.6) is 0 Å². The number of rotatable bonds is 5. The maximum atomic E-state index is 12.3. The normalized spacial score (nSPS) is 22.2. The van der Waals surface area contributed by atoms with E-state index in [1.165, 1.54) is 13.3 Å². The third-order valence-corrected chi connectivity index (χ3v) is 5.55. The Bertz CT molecular complexity index is 600. The molecule has 0 amide bonds. The van der Waals surface area contributed by atoms with Gasteiger partial charge in [-0.05, 0) is 19.8 Å². The average molecular weight is 313 g/mol. The Labute approximate surface area is 124 Å². The fourth-order valence-electron chi connectivity index (χ4n) is 2.51. The zero-order valence-corrected chi connectivity index (χ0v) is 12.9. The van der Waals surface area contributed by atoms with E-state index in [0.29, 0.717) is 25.0 Å². The summed E-state index contributed by atoms with van der Waals surface area (Å²) in [5, 5.41) is -0.733. The number of nitrogens with zero attached hydrogens (tertiary/aromatic N) is 2. The van der Waals surface area contributed by atoms with Gasteiger partial charge in [-0.1, -0.05) is 6.42 Å². The first kappa shape index (κ1) is 15.8. The van der Waals surface area contributed by atoms with Crippen LogP contribution in [-0.2, 0) is 26.1 Å². The smallest absolute Gasteiger partial charge is 0.310 e. The van der Waals surface area contributed by atoms with Crippen LogP contribution in [0, 0.1) is 12.8 Å². The number of aromatic nitrogens is 2. The van der Waals surface area contributed by atoms with Gasteiger partial charge in [0.25, 0.3) is 0 Å². The van der Waals surface area contributed by atoms with Crippen molar-refractivity contribution in [3.8, 4) is 0 Å². The van der Waals surface area contributed by atoms with Gasteiger partial charge in [0.15, 0.2) is 0 Å². The lowest BCUT2D eigenvalue weighted by molar-refractivity contribution is -0.145. The number of methoxy groups -OCH3 is 1. The van der Waals surface area contributed by atoms with Gasteiger partial charge in [-0.15, -0.1) is 0 Å². The monoisotopic (exact) mass is 313 g/mol. The molecule has 21 heavy (non-hydrogen) atoms. The van der Waals surface area contributed by atoms with E-state index < -0.39 is 27.2 Å². The molecule has 0 spiro atoms. The highest BCUT2D eigenvalue weighted by atomic mass is 32.2. The Kier molecular flexibility index (Phi) is 4.89. The molecule has 2 rings (SSSR count). The van der Waals surface area contributed by atoms with E-state index in [0.717, 1.165) is 5.69 Å². The van der Waals surface area contributed by atoms with Gasteiger partial charge in [0, 0.05) is 6.20 Å². The molecule has 8 heteroatoms. The SMILES string of the molecule is COC(=O)C1CCCC1S(=O)(=O)NCc1cnc(C)cn1. The number of sulfonamides is 1. The summed E-state index contributed by atoms with van der Waals surface area (Å²) >= 11 is 0. The number of hydrogen-bond donors (Lipinski definition) is 1. The number of carbonyl (C=O) groups excluding carboxylic acids is 1. The molecule has 1 aliphatic carbocycles. The minimum atomic E-state index is -3.59. The molecule has 1 heterocycles. The van der Waals surface area contributed by atoms with E-state index in [4.69, 9.17) is 0 Å². The minimum Gasteiger partial charge on any atom is -0.469 e. The molecule has 0 aromatic carbocycles. The van der Waals surface area contributed by atoms with Gasteiger partial charge in [0.05, 0.1) is 42.4 Å². The molecule has 0 bridgehead atoms. The molecule has 2 unspecified atom stereocenters. The van der Waals surface area contributed by atoms with E-state index in [1.807, 2.05) is 0 Å². The van der Waals surface area contributed by atoms with Gasteiger partial charge in [0.1, 0.15) is 0 Å². The minimum absolute atomic E-state index is 0.0695. The number of carbonyl (C=O) groups is 1. The summed E-state index contributed by atoms with van der Waals surface area (Å²) in [6.07, 6.45) is 4.83. The fraction of sp³-hybridized carbons (Fsp3) is 0.615. The van der Waals surface area contributed by atoms with Crippen molar-refractivity contribution in [2.24, 2.45) is 5.92 Å². The fourth-order valence-corrected chi connectivity index (χ4v) is 4.23. The molecular weight excluding hydrogens is 294 g/mol. The Morgan fingerprint density at radius 1 is 1.38 bits per heavy atom. The molecule has 1 aromatic heterocycles. The van der Waals surface area contributed by atoms with Crippen molar-refractivity contribution in [1.29, 1.82) is 0 Å². The molecule has 1 N–H and O–H groups in total. The Morgan fingerprint density at radius 2 is 2.14 bits per heavy atom. The maximum Gasteiger partial charge on any atom is 0.310 e. The van der Waals surface area contributed by atoms with Crippen LogP contribution in [0.3, 0.4) is 0 Å². The third-order valence-electron chi connectivity index (χ3n) is 3.64. The number of ether oxygens (including phenoxy) is 1. The topological polar surface area (TPSA) is 98.2 Å². The first-order chi connectivity index (χ1) is 9.94. The van der Waals surface area contributed by atoms with Gasteiger partial charge < -0.3 is 4.74 Å². The van der Waals surface area contributed by atoms with Crippen LogP contribution in [-0.4, -0.2) is 36.7 Å². The van der Waals surface area contributed by atoms with Crippen LogP contribution in [0.15, 0.2) is 12.4 Å². The van der Waals surface area contributed by atoms with E-state index >= 15 is 0 Å². The number of aryl methyl sites for hydroxylation is 1. The van der Waals surface area contributed by atoms with Crippen molar-refractivity contribution in [1.82, 2.24) is 14.7 Å². The number of hydrogen-bond acceptors (Lipinski definition) is 6. The van der Waals surface area contributed by atoms with Crippen molar-refractivity contribution in [2.45, 2.75) is 38.0 Å². The lowest BCUT2D eigenvalue weighted by atomic mass is 10.1. The van der Waals surface area contributed by atoms with Crippen LogP contribution in [0.1, 0.15) is 30.7 Å². The quantitative estimate of drug-likeness (QED) is 0.797. The molecule has 2 atom stereocenters. The van der Waals surface area contributed by atoms with Gasteiger partial charge in [-0.2, -0.15) is 0 Å². The molecule has 0 saturated heterocycles. The summed E-state index contributed by atoms with van der Waals surface area (Å²) in [6.45, 7) is 1.88. The molecule has 0 radical (unpaired) electrons. The van der Waals surface area contributed by atoms with Crippen LogP contribution in [0.25, 0.3) is 0 Å². The van der Waals surface area contributed by atoms with Crippen molar-refractivity contribution in [2.75, 3.05) is 7.11 Å². The van der Waals surface area contributed by atoms with Crippen molar-refractivity contribution in [3.63, 3.8) is 0 Å². The predicted molar refractivity (Wildman–Crippen MR) is 75.7 cm³/mol. The second-order valence-corrected chi connectivity index (χ2v) is 7.10. The van der Waals surface area contributed by atoms with E-state index in [1.54, 1.807) is 13.1 Å². The highest BCUT2D eigenvalue weighted by Crippen LogP contribution is 2.31. The van der Waals surface area contributed by atoms with E-state index in [9.17, 15) is 13.2 Å². The zero-order chi connectivity index (χ0) is 15.5. The summed E-state index contributed by atoms with van der Waals surface area (Å²) in [5.74, 6) is -1.05. The lowest BCUT2D eigenvalue weighted by Crippen LogP contribution is -2.39. The van der Waals surface area contributed by atoms with Gasteiger partial charge in [-0.3, -0.25) is 14.8 Å². The number of nitrogens with one attached hydrogen (secondary N) is 1. The standard InChI is InChI=1S/C13H19N3O4S/c1-9-6-15-10(7-14-9)8-16-21(18,19)12-5-3-4-11(12)13(17)20-2/h6-7,11-12,16H,3-5,8H2,1-2H3. The first-order valence-electron chi connectivity index (χ1n) is 6.78. The van der Waals surface area contributed by atoms with Crippen LogP contribution in [0.4, 0.5) is 0 Å². The van der Waals surface area contributed by atoms with E-state index in [-0.39, 0.29) is 6.54 Å². The van der Waals surface area contributed by atoms with Crippen LogP contribution < -0.4 is 4.72 Å². The summed E-state index contributed by atoms with van der Waals surface area (Å²) in [6, 6.07) is 0. The van der Waals surface area contributed by atoms with Crippen molar-refractivity contribution >= 4 is 16.0 Å². The molecule has 116 valence electrons. The van der Waals surface area contributed by atoms with E-state index in [2.05, 4.69) is 19.4 Å². The Balaban J connectivity index is 2.04. The predicted octanol–water partition coefficient (Wildman–Crippen LogP) is 0.546. The summed E-state index contributed by atoms with van der Waals surface area (Å²) in [5.41, 5.74) is 1.31. The Hall–Kier alpha value is -1.54. The molecular formula is C13H19N3O4S. The van der Waals surface area contributed by atoms with Crippen molar-refractivity contribution in [3.05, 3.63) is 23.8 Å². The van der Waals surface area contributed by atoms with Gasteiger partial charge >= 0.3 is 5.97 Å². The molecule has 1 aromatic rings. The van der Waals surface area contributed by atoms with Gasteiger partial charge in [-0.25, -0.2) is 13.1 Å². The molecule has 1 saturated carbocycles. The van der Waals surface area contributed by atoms with Crippen LogP contribution >= 0.6 is 0 Å². The van der Waals surface area contributed by atoms with Gasteiger partial charge in [0.2, 0.25) is 10.0 Å². The summed E-state index contributed by atoms with van der Waals surface area (Å²) < 4.78 is 31.9. The Morgan fingerprint density at radius 3 is 2.76 bits per heavy atom. The highest BCUT2D eigenvalue weighted by molar-refractivity contribution is 7.90. The highest BCUT2D eigenvalue weighted by Gasteiger charge is 2.42. The average Bonchev–Trinajstić information content (AvgIpc) is 2.96. The van der Waals surface area contributed by atoms with Crippen molar-refractivity contribution < 1.29 is 17.9 Å². The first-order valence-corrected chi connectivity index (χ1v) is 8.32. The molecule has 0 aliphatic heterocycles. The molecule has 7 nitrogen and oxygen atoms in total. The zero-order valence-electron chi connectivity index (χ0n) is 12.1. The summed E-state index contributed by atoms with van der Waals surface area (Å²) in [4.78, 5) is 19.8.